The van der Waals surface area contributed by atoms with Crippen molar-refractivity contribution in [3.8, 4) is 5.88 Å². The maximum absolute atomic E-state index is 13.0. The largest absolute Gasteiger partial charge is 0.477 e. The smallest absolute Gasteiger partial charge is 0.422 e. The molecule has 13 heteroatoms. The molecule has 182 valence electrons. The van der Waals surface area contributed by atoms with Crippen LogP contribution in [0.1, 0.15) is 41.4 Å². The summed E-state index contributed by atoms with van der Waals surface area (Å²) in [5, 5.41) is 12.9. The fourth-order valence-corrected chi connectivity index (χ4v) is 3.15. The molecule has 10 nitrogen and oxygen atoms in total. The van der Waals surface area contributed by atoms with Crippen molar-refractivity contribution in [2.24, 2.45) is 0 Å². The van der Waals surface area contributed by atoms with E-state index in [0.29, 0.717) is 12.1 Å². The van der Waals surface area contributed by atoms with Gasteiger partial charge in [-0.15, -0.1) is 4.73 Å². The van der Waals surface area contributed by atoms with Crippen LogP contribution in [-0.2, 0) is 6.54 Å². The molecule has 34 heavy (non-hydrogen) atoms. The molecular formula is C21H22F3N5O5. The average Bonchev–Trinajstić information content (AvgIpc) is 2.77. The fourth-order valence-electron chi connectivity index (χ4n) is 3.15. The van der Waals surface area contributed by atoms with E-state index in [-0.39, 0.29) is 41.3 Å². The predicted molar refractivity (Wildman–Crippen MR) is 115 cm³/mol. The maximum atomic E-state index is 13.0. The van der Waals surface area contributed by atoms with Crippen molar-refractivity contribution >= 4 is 22.7 Å². The van der Waals surface area contributed by atoms with Crippen molar-refractivity contribution in [2.75, 3.05) is 18.5 Å². The molecule has 0 saturated heterocycles. The lowest BCUT2D eigenvalue weighted by Gasteiger charge is -2.18. The molecule has 3 rings (SSSR count). The summed E-state index contributed by atoms with van der Waals surface area (Å²) >= 11 is 0. The lowest BCUT2D eigenvalue weighted by atomic mass is 10.1. The number of nitrogens with one attached hydrogen (secondary N) is 1. The SMILES string of the molecule is CCCCOn1c(=O)c(C(=O)O)c(NCc2cccnc2OCC(F)(F)F)c2c(C)ncnc21. The summed E-state index contributed by atoms with van der Waals surface area (Å²) in [7, 11) is 0. The molecule has 0 spiro atoms. The number of alkyl halides is 3. The number of anilines is 1. The Morgan fingerprint density at radius 3 is 2.71 bits per heavy atom. The number of rotatable bonds is 10. The third-order valence-corrected chi connectivity index (χ3v) is 4.72. The van der Waals surface area contributed by atoms with Gasteiger partial charge in [0, 0.05) is 18.3 Å². The van der Waals surface area contributed by atoms with Crippen LogP contribution in [-0.4, -0.2) is 50.1 Å². The molecular weight excluding hydrogens is 459 g/mol. The van der Waals surface area contributed by atoms with Gasteiger partial charge in [-0.25, -0.2) is 19.7 Å². The van der Waals surface area contributed by atoms with Gasteiger partial charge in [-0.2, -0.15) is 13.2 Å². The highest BCUT2D eigenvalue weighted by Crippen LogP contribution is 2.28. The van der Waals surface area contributed by atoms with Crippen LogP contribution in [0.15, 0.2) is 29.5 Å². The number of halogens is 3. The Kier molecular flexibility index (Phi) is 7.54. The predicted octanol–water partition coefficient (Wildman–Crippen LogP) is 2.98. The van der Waals surface area contributed by atoms with Crippen LogP contribution in [0.5, 0.6) is 5.88 Å². The highest BCUT2D eigenvalue weighted by molar-refractivity contribution is 6.04. The van der Waals surface area contributed by atoms with Gasteiger partial charge in [0.15, 0.2) is 17.8 Å². The number of carboxylic acids is 1. The molecule has 0 unspecified atom stereocenters. The number of carbonyl (C=O) groups is 1. The molecule has 0 aromatic carbocycles. The van der Waals surface area contributed by atoms with Crippen LogP contribution in [0.3, 0.4) is 0 Å². The van der Waals surface area contributed by atoms with E-state index < -0.39 is 29.9 Å². The summed E-state index contributed by atoms with van der Waals surface area (Å²) in [6.45, 7) is 1.96. The number of nitrogens with zero attached hydrogens (tertiary/aromatic N) is 4. The number of aromatic carboxylic acids is 1. The van der Waals surface area contributed by atoms with Gasteiger partial charge in [0.25, 0.3) is 0 Å². The molecule has 0 bridgehead atoms. The number of ether oxygens (including phenoxy) is 1. The summed E-state index contributed by atoms with van der Waals surface area (Å²) in [6, 6.07) is 2.95. The Balaban J connectivity index is 2.07. The van der Waals surface area contributed by atoms with Gasteiger partial charge < -0.3 is 20.0 Å². The third-order valence-electron chi connectivity index (χ3n) is 4.72. The van der Waals surface area contributed by atoms with E-state index >= 15 is 0 Å². The second-order valence-electron chi connectivity index (χ2n) is 7.22. The van der Waals surface area contributed by atoms with E-state index in [1.807, 2.05) is 6.92 Å². The first kappa shape index (κ1) is 24.7. The number of unbranched alkanes of at least 4 members (excludes halogenated alkanes) is 1. The van der Waals surface area contributed by atoms with Crippen molar-refractivity contribution in [3.05, 3.63) is 51.8 Å². The molecule has 0 aliphatic heterocycles. The van der Waals surface area contributed by atoms with Gasteiger partial charge in [-0.05, 0) is 19.4 Å². The number of aromatic nitrogens is 4. The van der Waals surface area contributed by atoms with Crippen molar-refractivity contribution < 1.29 is 32.6 Å². The molecule has 3 heterocycles. The van der Waals surface area contributed by atoms with E-state index in [2.05, 4.69) is 20.3 Å². The van der Waals surface area contributed by atoms with Crippen molar-refractivity contribution in [1.29, 1.82) is 0 Å². The molecule has 3 aromatic rings. The summed E-state index contributed by atoms with van der Waals surface area (Å²) in [5.41, 5.74) is -1.02. The first-order valence-corrected chi connectivity index (χ1v) is 10.3. The molecule has 0 aliphatic rings. The summed E-state index contributed by atoms with van der Waals surface area (Å²) in [4.78, 5) is 42.6. The van der Waals surface area contributed by atoms with Gasteiger partial charge in [0.05, 0.1) is 16.8 Å². The number of carboxylic acid groups (broad SMARTS) is 1. The highest BCUT2D eigenvalue weighted by Gasteiger charge is 2.29. The molecule has 0 saturated carbocycles. The molecule has 0 atom stereocenters. The molecule has 0 radical (unpaired) electrons. The van der Waals surface area contributed by atoms with Crippen molar-refractivity contribution in [1.82, 2.24) is 19.7 Å². The minimum absolute atomic E-state index is 0.0563. The monoisotopic (exact) mass is 481 g/mol. The molecule has 0 fully saturated rings. The zero-order chi connectivity index (χ0) is 24.9. The molecule has 0 aliphatic carbocycles. The van der Waals surface area contributed by atoms with Gasteiger partial charge in [-0.3, -0.25) is 4.79 Å². The Hall–Kier alpha value is -3.90. The lowest BCUT2D eigenvalue weighted by molar-refractivity contribution is -0.154. The second-order valence-corrected chi connectivity index (χ2v) is 7.22. The average molecular weight is 481 g/mol. The number of fused-ring (bicyclic) bond motifs is 1. The van der Waals surface area contributed by atoms with Gasteiger partial charge >= 0.3 is 17.7 Å². The topological polar surface area (TPSA) is 128 Å². The van der Waals surface area contributed by atoms with Crippen LogP contribution in [0.25, 0.3) is 11.0 Å². The van der Waals surface area contributed by atoms with Crippen molar-refractivity contribution in [2.45, 2.75) is 39.4 Å². The normalized spacial score (nSPS) is 11.4. The minimum Gasteiger partial charge on any atom is -0.477 e. The zero-order valence-electron chi connectivity index (χ0n) is 18.3. The van der Waals surface area contributed by atoms with E-state index in [9.17, 15) is 27.9 Å². The van der Waals surface area contributed by atoms with E-state index in [1.54, 1.807) is 6.92 Å². The Bertz CT molecular complexity index is 1250. The standard InChI is InChI=1S/C21H22F3N5O5/c1-3-4-8-34-29-17-14(12(2)27-11-28-17)16(15(19(29)30)20(31)32)26-9-13-6-5-7-25-18(13)33-10-21(22,23)24/h5-7,11,26H,3-4,8-10H2,1-2H3,(H,31,32). The fraction of sp³-hybridized carbons (Fsp3) is 0.381. The van der Waals surface area contributed by atoms with Crippen LogP contribution < -0.4 is 20.5 Å². The zero-order valence-corrected chi connectivity index (χ0v) is 18.3. The summed E-state index contributed by atoms with van der Waals surface area (Å²) in [5.74, 6) is -1.80. The first-order chi connectivity index (χ1) is 16.1. The third kappa shape index (κ3) is 5.53. The summed E-state index contributed by atoms with van der Waals surface area (Å²) < 4.78 is 43.3. The van der Waals surface area contributed by atoms with Crippen molar-refractivity contribution in [3.63, 3.8) is 0 Å². The Morgan fingerprint density at radius 2 is 2.03 bits per heavy atom. The maximum Gasteiger partial charge on any atom is 0.422 e. The Labute approximate surface area is 191 Å². The molecule has 2 N–H and O–H groups in total. The van der Waals surface area contributed by atoms with Gasteiger partial charge in [0.1, 0.15) is 12.9 Å². The van der Waals surface area contributed by atoms with Gasteiger partial charge in [0.2, 0.25) is 5.88 Å². The summed E-state index contributed by atoms with van der Waals surface area (Å²) in [6.07, 6.45) is -0.672. The van der Waals surface area contributed by atoms with Crippen LogP contribution in [0, 0.1) is 6.92 Å². The lowest BCUT2D eigenvalue weighted by Crippen LogP contribution is -2.34. The number of aryl methyl sites for hydroxylation is 1. The Morgan fingerprint density at radius 1 is 1.26 bits per heavy atom. The highest BCUT2D eigenvalue weighted by atomic mass is 19.4. The second kappa shape index (κ2) is 10.4. The van der Waals surface area contributed by atoms with E-state index in [0.717, 1.165) is 11.2 Å². The number of hydrogen-bond donors (Lipinski definition) is 2. The van der Waals surface area contributed by atoms with E-state index in [4.69, 9.17) is 9.57 Å². The first-order valence-electron chi connectivity index (χ1n) is 10.3. The molecule has 3 aromatic heterocycles. The van der Waals surface area contributed by atoms with Crippen LogP contribution in [0.2, 0.25) is 0 Å². The quantitative estimate of drug-likeness (QED) is 0.420. The van der Waals surface area contributed by atoms with Crippen LogP contribution in [0.4, 0.5) is 18.9 Å². The molecule has 0 amide bonds. The van der Waals surface area contributed by atoms with Crippen LogP contribution >= 0.6 is 0 Å². The van der Waals surface area contributed by atoms with E-state index in [1.165, 1.54) is 24.7 Å². The number of pyridine rings is 2. The van der Waals surface area contributed by atoms with Gasteiger partial charge in [-0.1, -0.05) is 19.4 Å². The minimum atomic E-state index is -4.56. The number of hydrogen-bond acceptors (Lipinski definition) is 8.